The number of hydrogen-bond donors (Lipinski definition) is 1. The van der Waals surface area contributed by atoms with Crippen molar-refractivity contribution in [2.75, 3.05) is 58.9 Å². The van der Waals surface area contributed by atoms with Gasteiger partial charge in [0.1, 0.15) is 29.3 Å². The van der Waals surface area contributed by atoms with Crippen molar-refractivity contribution in [2.45, 2.75) is 155 Å². The molecule has 77 heavy (non-hydrogen) atoms. The summed E-state index contributed by atoms with van der Waals surface area (Å²) in [5, 5.41) is 0. The molecule has 1 N–H and O–H groups in total. The molecule has 2 unspecified atom stereocenters. The summed E-state index contributed by atoms with van der Waals surface area (Å²) in [5.41, 5.74) is -2.94. The number of thioether (sulfide) groups is 1. The summed E-state index contributed by atoms with van der Waals surface area (Å²) in [6.45, 7) is 11.7. The second-order valence-electron chi connectivity index (χ2n) is 19.6. The van der Waals surface area contributed by atoms with Crippen LogP contribution in [0.2, 0.25) is 0 Å². The molecule has 0 saturated carbocycles. The number of benzene rings is 3. The third-order valence-corrected chi connectivity index (χ3v) is 16.4. The standard InChI is InChI=1S/C58H83FN3O13PS/c1-10-13-14-15-16-17-18-19-20-24-37-77-41-69-39-57(54(64)70-11-2,55(65)71-12-3)40-73-76(62(42(4)5)43(6)7)75-52-49(74-53(51(52)59)61-36-35-50(63)60-56(61)66)38-72-58(44-25-22-21-23-26-44,45-27-31-47(67-8)32-28-45)46-29-33-48(68-9)34-30-46/h21-23,25-36,42-43,49,51-53H,10-20,24,37-41H2,1-9H3,(H,60,63,66)/t49?,51-,52-,53-,76?/m1/s1. The number of nitrogens with one attached hydrogen (secondary N) is 1. The number of hydrogen-bond acceptors (Lipinski definition) is 15. The van der Waals surface area contributed by atoms with Gasteiger partial charge in [-0.05, 0) is 94.7 Å². The Morgan fingerprint density at radius 2 is 1.27 bits per heavy atom. The summed E-state index contributed by atoms with van der Waals surface area (Å²) < 4.78 is 76.3. The van der Waals surface area contributed by atoms with Gasteiger partial charge in [0.2, 0.25) is 5.41 Å². The van der Waals surface area contributed by atoms with E-state index in [1.54, 1.807) is 39.8 Å². The Morgan fingerprint density at radius 3 is 1.78 bits per heavy atom. The van der Waals surface area contributed by atoms with E-state index in [9.17, 15) is 19.2 Å². The van der Waals surface area contributed by atoms with Crippen molar-refractivity contribution in [3.05, 3.63) is 129 Å². The zero-order chi connectivity index (χ0) is 55.8. The van der Waals surface area contributed by atoms with Crippen LogP contribution in [0.3, 0.4) is 0 Å². The number of carbonyl (C=O) groups is 2. The lowest BCUT2D eigenvalue weighted by atomic mass is 9.80. The van der Waals surface area contributed by atoms with Crippen LogP contribution >= 0.6 is 20.3 Å². The van der Waals surface area contributed by atoms with Gasteiger partial charge in [0, 0.05) is 24.3 Å². The number of aromatic nitrogens is 2. The Bertz CT molecular complexity index is 2390. The van der Waals surface area contributed by atoms with E-state index in [1.807, 2.05) is 111 Å². The molecule has 1 fully saturated rings. The summed E-state index contributed by atoms with van der Waals surface area (Å²) in [6, 6.07) is 24.9. The number of rotatable bonds is 36. The number of H-pyrrole nitrogens is 1. The molecule has 5 atom stereocenters. The second kappa shape index (κ2) is 32.4. The van der Waals surface area contributed by atoms with E-state index in [0.29, 0.717) is 22.6 Å². The van der Waals surface area contributed by atoms with Crippen LogP contribution in [-0.4, -0.2) is 116 Å². The van der Waals surface area contributed by atoms with Gasteiger partial charge in [0.25, 0.3) is 14.1 Å². The fraction of sp³-hybridized carbons (Fsp3) is 0.586. The van der Waals surface area contributed by atoms with Gasteiger partial charge in [0.15, 0.2) is 12.4 Å². The predicted octanol–water partition coefficient (Wildman–Crippen LogP) is 11.3. The number of esters is 2. The molecule has 0 spiro atoms. The minimum Gasteiger partial charge on any atom is -0.497 e. The monoisotopic (exact) mass is 1110 g/mol. The SMILES string of the molecule is CCCCCCCCCCCCSCOCC(COP(O[C@@H]1C(COC(c2ccccc2)(c2ccc(OC)cc2)c2ccc(OC)cc2)O[C@@H](n2ccc(=O)[nH]c2=O)[C@@H]1F)N(C(C)C)C(C)C)(C(=O)OCC)C(=O)OCC. The van der Waals surface area contributed by atoms with Crippen LogP contribution in [0.25, 0.3) is 0 Å². The minimum absolute atomic E-state index is 0.0451. The predicted molar refractivity (Wildman–Crippen MR) is 299 cm³/mol. The maximum Gasteiger partial charge on any atom is 0.330 e. The first-order valence-corrected chi connectivity index (χ1v) is 29.5. The number of methoxy groups -OCH3 is 2. The number of carbonyl (C=O) groups excluding carboxylic acids is 2. The molecule has 19 heteroatoms. The number of alkyl halides is 1. The van der Waals surface area contributed by atoms with Gasteiger partial charge in [-0.25, -0.2) is 13.9 Å². The molecule has 1 aliphatic heterocycles. The van der Waals surface area contributed by atoms with Crippen LogP contribution in [-0.2, 0) is 47.9 Å². The molecule has 5 rings (SSSR count). The van der Waals surface area contributed by atoms with E-state index >= 15 is 4.39 Å². The Hall–Kier alpha value is -4.65. The van der Waals surface area contributed by atoms with Crippen molar-refractivity contribution >= 4 is 32.2 Å². The first-order valence-electron chi connectivity index (χ1n) is 27.2. The van der Waals surface area contributed by atoms with Crippen LogP contribution in [0.5, 0.6) is 11.5 Å². The molecule has 16 nitrogen and oxygen atoms in total. The van der Waals surface area contributed by atoms with Gasteiger partial charge in [-0.3, -0.25) is 23.9 Å². The molecule has 4 aromatic rings. The highest BCUT2D eigenvalue weighted by molar-refractivity contribution is 7.99. The van der Waals surface area contributed by atoms with Gasteiger partial charge < -0.3 is 42.2 Å². The highest BCUT2D eigenvalue weighted by atomic mass is 32.2. The van der Waals surface area contributed by atoms with Crippen molar-refractivity contribution in [3.8, 4) is 11.5 Å². The van der Waals surface area contributed by atoms with E-state index in [0.717, 1.165) is 41.0 Å². The highest BCUT2D eigenvalue weighted by Crippen LogP contribution is 2.52. The summed E-state index contributed by atoms with van der Waals surface area (Å²) in [6.07, 6.45) is 6.90. The van der Waals surface area contributed by atoms with Gasteiger partial charge in [-0.15, -0.1) is 11.8 Å². The van der Waals surface area contributed by atoms with E-state index in [-0.39, 0.29) is 37.8 Å². The van der Waals surface area contributed by atoms with E-state index < -0.39 is 80.6 Å². The first-order chi connectivity index (χ1) is 37.2. The number of unbranched alkanes of at least 4 members (excludes halogenated alkanes) is 9. The summed E-state index contributed by atoms with van der Waals surface area (Å²) in [4.78, 5) is 56.3. The molecule has 2 heterocycles. The Morgan fingerprint density at radius 1 is 0.740 bits per heavy atom. The normalized spacial score (nSPS) is 17.3. The number of ether oxygens (including phenoxy) is 7. The molecular weight excluding hydrogens is 1030 g/mol. The fourth-order valence-corrected chi connectivity index (χ4v) is 12.0. The van der Waals surface area contributed by atoms with Crippen molar-refractivity contribution in [1.29, 1.82) is 0 Å². The molecule has 1 aromatic heterocycles. The molecule has 1 saturated heterocycles. The zero-order valence-corrected chi connectivity index (χ0v) is 48.3. The molecule has 3 aromatic carbocycles. The average Bonchev–Trinajstić information content (AvgIpc) is 3.75. The van der Waals surface area contributed by atoms with E-state index in [4.69, 9.17) is 42.2 Å². The lowest BCUT2D eigenvalue weighted by molar-refractivity contribution is -0.179. The van der Waals surface area contributed by atoms with Crippen LogP contribution < -0.4 is 20.7 Å². The largest absolute Gasteiger partial charge is 0.497 e. The Kier molecular flexibility index (Phi) is 26.6. The number of aromatic amines is 1. The third kappa shape index (κ3) is 17.2. The van der Waals surface area contributed by atoms with Crippen LogP contribution in [0.15, 0.2) is 101 Å². The molecule has 0 radical (unpaired) electrons. The summed E-state index contributed by atoms with van der Waals surface area (Å²) in [7, 11) is 0.744. The molecule has 0 aliphatic carbocycles. The number of halogens is 1. The highest BCUT2D eigenvalue weighted by Gasteiger charge is 2.54. The zero-order valence-electron chi connectivity index (χ0n) is 46.6. The maximum atomic E-state index is 17.8. The van der Waals surface area contributed by atoms with Crippen molar-refractivity contribution < 1.29 is 56.2 Å². The lowest BCUT2D eigenvalue weighted by Crippen LogP contribution is -2.50. The lowest BCUT2D eigenvalue weighted by Gasteiger charge is -2.40. The topological polar surface area (TPSA) is 175 Å². The third-order valence-electron chi connectivity index (χ3n) is 13.4. The molecular formula is C58H83FN3O13PS. The maximum absolute atomic E-state index is 17.8. The van der Waals surface area contributed by atoms with Crippen molar-refractivity contribution in [2.24, 2.45) is 5.41 Å². The number of nitrogens with zero attached hydrogens (tertiary/aromatic N) is 2. The van der Waals surface area contributed by atoms with E-state index in [2.05, 4.69) is 11.9 Å². The van der Waals surface area contributed by atoms with Gasteiger partial charge in [-0.1, -0.05) is 119 Å². The summed E-state index contributed by atoms with van der Waals surface area (Å²) in [5.74, 6) is 0.453. The van der Waals surface area contributed by atoms with E-state index in [1.165, 1.54) is 51.4 Å². The quantitative estimate of drug-likeness (QED) is 0.0114. The van der Waals surface area contributed by atoms with Crippen molar-refractivity contribution in [3.63, 3.8) is 0 Å². The first kappa shape index (κ1) is 63.2. The molecule has 1 aliphatic rings. The fourth-order valence-electron chi connectivity index (χ4n) is 9.41. The molecule has 0 bridgehead atoms. The molecule has 426 valence electrons. The summed E-state index contributed by atoms with van der Waals surface area (Å²) >= 11 is 1.57. The van der Waals surface area contributed by atoms with Crippen LogP contribution in [0.4, 0.5) is 4.39 Å². The second-order valence-corrected chi connectivity index (χ2v) is 22.0. The smallest absolute Gasteiger partial charge is 0.330 e. The Balaban J connectivity index is 1.50. The van der Waals surface area contributed by atoms with Crippen molar-refractivity contribution in [1.82, 2.24) is 14.2 Å². The van der Waals surface area contributed by atoms with Gasteiger partial charge >= 0.3 is 17.6 Å². The average molecular weight is 1110 g/mol. The molecule has 0 amide bonds. The van der Waals surface area contributed by atoms with Gasteiger partial charge in [-0.2, -0.15) is 0 Å². The van der Waals surface area contributed by atoms with Gasteiger partial charge in [0.05, 0.1) is 53.2 Å². The van der Waals surface area contributed by atoms with Crippen LogP contribution in [0, 0.1) is 5.41 Å². The Labute approximate surface area is 460 Å². The minimum atomic E-state index is -2.41. The van der Waals surface area contributed by atoms with Crippen LogP contribution in [0.1, 0.15) is 136 Å².